The van der Waals surface area contributed by atoms with Gasteiger partial charge in [0.15, 0.2) is 0 Å². The van der Waals surface area contributed by atoms with E-state index in [0.717, 1.165) is 5.69 Å². The zero-order valence-corrected chi connectivity index (χ0v) is 8.00. The molecule has 0 spiro atoms. The number of nitrogens with one attached hydrogen (secondary N) is 1. The number of pyridine rings is 1. The minimum absolute atomic E-state index is 0.0453. The summed E-state index contributed by atoms with van der Waals surface area (Å²) in [6, 6.07) is 5.10. The molecule has 4 heteroatoms. The van der Waals surface area contributed by atoms with E-state index in [9.17, 15) is 4.39 Å². The van der Waals surface area contributed by atoms with Crippen molar-refractivity contribution in [2.45, 2.75) is 19.4 Å². The van der Waals surface area contributed by atoms with Gasteiger partial charge in [-0.2, -0.15) is 5.26 Å². The molecule has 1 N–H and O–H groups in total. The van der Waals surface area contributed by atoms with Gasteiger partial charge in [0.25, 0.3) is 0 Å². The van der Waals surface area contributed by atoms with Crippen LogP contribution in [0.15, 0.2) is 18.3 Å². The van der Waals surface area contributed by atoms with Gasteiger partial charge in [-0.05, 0) is 19.1 Å². The summed E-state index contributed by atoms with van der Waals surface area (Å²) in [6.45, 7) is 2.55. The summed E-state index contributed by atoms with van der Waals surface area (Å²) in [5.41, 5.74) is 0.782. The summed E-state index contributed by atoms with van der Waals surface area (Å²) in [6.07, 6.45) is 1.66. The van der Waals surface area contributed by atoms with Crippen LogP contribution in [0.5, 0.6) is 0 Å². The van der Waals surface area contributed by atoms with Crippen LogP contribution in [0.2, 0.25) is 0 Å². The molecule has 0 amide bonds. The van der Waals surface area contributed by atoms with Gasteiger partial charge < -0.3 is 5.32 Å². The quantitative estimate of drug-likeness (QED) is 0.741. The third-order valence-corrected chi connectivity index (χ3v) is 1.88. The van der Waals surface area contributed by atoms with E-state index in [0.29, 0.717) is 13.0 Å². The Hall–Kier alpha value is -1.47. The molecule has 1 aromatic heterocycles. The molecular weight excluding hydrogens is 181 g/mol. The second-order valence-electron chi connectivity index (χ2n) is 2.99. The number of nitrogens with zero attached hydrogens (tertiary/aromatic N) is 2. The summed E-state index contributed by atoms with van der Waals surface area (Å²) in [7, 11) is 0. The molecule has 3 nitrogen and oxygen atoms in total. The van der Waals surface area contributed by atoms with Crippen LogP contribution in [-0.2, 0) is 0 Å². The first-order valence-electron chi connectivity index (χ1n) is 4.46. The van der Waals surface area contributed by atoms with E-state index in [1.807, 2.05) is 13.0 Å². The maximum Gasteiger partial charge on any atom is 0.141 e. The summed E-state index contributed by atoms with van der Waals surface area (Å²) in [5, 5.41) is 11.4. The number of halogens is 1. The molecule has 0 saturated carbocycles. The van der Waals surface area contributed by atoms with Gasteiger partial charge in [0.2, 0.25) is 0 Å². The topological polar surface area (TPSA) is 48.7 Å². The third kappa shape index (κ3) is 3.11. The minimum atomic E-state index is -0.335. The van der Waals surface area contributed by atoms with Gasteiger partial charge >= 0.3 is 0 Å². The summed E-state index contributed by atoms with van der Waals surface area (Å²) < 4.78 is 12.5. The molecule has 0 saturated heterocycles. The molecule has 74 valence electrons. The van der Waals surface area contributed by atoms with Crippen molar-refractivity contribution in [2.75, 3.05) is 6.54 Å². The van der Waals surface area contributed by atoms with Crippen molar-refractivity contribution in [3.63, 3.8) is 0 Å². The van der Waals surface area contributed by atoms with Crippen LogP contribution < -0.4 is 5.32 Å². The summed E-state index contributed by atoms with van der Waals surface area (Å²) in [4.78, 5) is 3.94. The molecule has 0 aliphatic heterocycles. The monoisotopic (exact) mass is 193 g/mol. The summed E-state index contributed by atoms with van der Waals surface area (Å²) in [5.74, 6) is -0.335. The van der Waals surface area contributed by atoms with Gasteiger partial charge in [0.1, 0.15) is 5.82 Å². The Morgan fingerprint density at radius 1 is 1.64 bits per heavy atom. The average molecular weight is 193 g/mol. The van der Waals surface area contributed by atoms with Crippen molar-refractivity contribution in [1.82, 2.24) is 10.3 Å². The SMILES string of the molecule is CC(NCCC#N)c1ccc(F)cn1. The Labute approximate surface area is 82.6 Å². The number of aromatic nitrogens is 1. The van der Waals surface area contributed by atoms with Gasteiger partial charge in [-0.25, -0.2) is 4.39 Å². The van der Waals surface area contributed by atoms with Crippen LogP contribution in [0.25, 0.3) is 0 Å². The van der Waals surface area contributed by atoms with E-state index in [2.05, 4.69) is 10.3 Å². The lowest BCUT2D eigenvalue weighted by molar-refractivity contribution is 0.562. The molecule has 1 aromatic rings. The maximum absolute atomic E-state index is 12.5. The zero-order valence-electron chi connectivity index (χ0n) is 8.00. The fourth-order valence-corrected chi connectivity index (χ4v) is 1.09. The number of nitriles is 1. The van der Waals surface area contributed by atoms with E-state index < -0.39 is 0 Å². The Bertz CT molecular complexity index is 315. The second-order valence-corrected chi connectivity index (χ2v) is 2.99. The molecule has 0 fully saturated rings. The van der Waals surface area contributed by atoms with E-state index in [4.69, 9.17) is 5.26 Å². The minimum Gasteiger partial charge on any atom is -0.308 e. The van der Waals surface area contributed by atoms with Crippen molar-refractivity contribution in [2.24, 2.45) is 0 Å². The number of rotatable bonds is 4. The highest BCUT2D eigenvalue weighted by molar-refractivity contribution is 5.08. The largest absolute Gasteiger partial charge is 0.308 e. The van der Waals surface area contributed by atoms with Crippen LogP contribution in [0.3, 0.4) is 0 Å². The smallest absolute Gasteiger partial charge is 0.141 e. The van der Waals surface area contributed by atoms with E-state index in [-0.39, 0.29) is 11.9 Å². The van der Waals surface area contributed by atoms with Crippen LogP contribution in [-0.4, -0.2) is 11.5 Å². The molecular formula is C10H12FN3. The molecule has 14 heavy (non-hydrogen) atoms. The van der Waals surface area contributed by atoms with Gasteiger partial charge in [-0.3, -0.25) is 4.98 Å². The lowest BCUT2D eigenvalue weighted by Gasteiger charge is -2.11. The van der Waals surface area contributed by atoms with E-state index >= 15 is 0 Å². The van der Waals surface area contributed by atoms with Crippen LogP contribution >= 0.6 is 0 Å². The molecule has 1 atom stereocenters. The molecule has 0 aliphatic rings. The first-order chi connectivity index (χ1) is 6.74. The molecule has 0 aromatic carbocycles. The third-order valence-electron chi connectivity index (χ3n) is 1.88. The fourth-order valence-electron chi connectivity index (χ4n) is 1.09. The highest BCUT2D eigenvalue weighted by Crippen LogP contribution is 2.08. The van der Waals surface area contributed by atoms with E-state index in [1.165, 1.54) is 12.3 Å². The highest BCUT2D eigenvalue weighted by atomic mass is 19.1. The standard InChI is InChI=1S/C10H12FN3/c1-8(13-6-2-5-12)10-4-3-9(11)7-14-10/h3-4,7-8,13H,2,6H2,1H3. The molecule has 0 radical (unpaired) electrons. The normalized spacial score (nSPS) is 12.1. The maximum atomic E-state index is 12.5. The van der Waals surface area contributed by atoms with Crippen molar-refractivity contribution >= 4 is 0 Å². The molecule has 1 rings (SSSR count). The lowest BCUT2D eigenvalue weighted by atomic mass is 10.2. The molecule has 0 bridgehead atoms. The van der Waals surface area contributed by atoms with Crippen molar-refractivity contribution in [3.05, 3.63) is 29.8 Å². The van der Waals surface area contributed by atoms with E-state index in [1.54, 1.807) is 6.07 Å². The highest BCUT2D eigenvalue weighted by Gasteiger charge is 2.04. The van der Waals surface area contributed by atoms with Gasteiger partial charge in [0.05, 0.1) is 18.0 Å². The van der Waals surface area contributed by atoms with Crippen LogP contribution in [0.1, 0.15) is 25.1 Å². The first kappa shape index (κ1) is 10.6. The fraction of sp³-hybridized carbons (Fsp3) is 0.400. The van der Waals surface area contributed by atoms with Gasteiger partial charge in [-0.1, -0.05) is 0 Å². The molecule has 1 unspecified atom stereocenters. The van der Waals surface area contributed by atoms with Crippen LogP contribution in [0.4, 0.5) is 4.39 Å². The Balaban J connectivity index is 2.48. The Morgan fingerprint density at radius 3 is 3.00 bits per heavy atom. The number of hydrogen-bond donors (Lipinski definition) is 1. The average Bonchev–Trinajstić information content (AvgIpc) is 2.19. The second kappa shape index (κ2) is 5.30. The first-order valence-corrected chi connectivity index (χ1v) is 4.46. The van der Waals surface area contributed by atoms with Crippen LogP contribution in [0, 0.1) is 17.1 Å². The predicted octanol–water partition coefficient (Wildman–Crippen LogP) is 1.78. The number of hydrogen-bond acceptors (Lipinski definition) is 3. The Kier molecular flexibility index (Phi) is 4.02. The van der Waals surface area contributed by atoms with Crippen molar-refractivity contribution < 1.29 is 4.39 Å². The Morgan fingerprint density at radius 2 is 2.43 bits per heavy atom. The molecule has 0 aliphatic carbocycles. The molecule has 1 heterocycles. The van der Waals surface area contributed by atoms with Gasteiger partial charge in [-0.15, -0.1) is 0 Å². The van der Waals surface area contributed by atoms with Gasteiger partial charge in [0, 0.05) is 19.0 Å². The zero-order chi connectivity index (χ0) is 10.4. The summed E-state index contributed by atoms with van der Waals surface area (Å²) >= 11 is 0. The lowest BCUT2D eigenvalue weighted by Crippen LogP contribution is -2.20. The van der Waals surface area contributed by atoms with Crippen molar-refractivity contribution in [3.8, 4) is 6.07 Å². The van der Waals surface area contributed by atoms with Crippen molar-refractivity contribution in [1.29, 1.82) is 5.26 Å². The predicted molar refractivity (Wildman–Crippen MR) is 50.8 cm³/mol.